The summed E-state index contributed by atoms with van der Waals surface area (Å²) >= 11 is 1.38. The fraction of sp³-hybridized carbons (Fsp3) is 0.350. The molecular formula is C20H22N4O3S. The first kappa shape index (κ1) is 18.6. The molecule has 28 heavy (non-hydrogen) atoms. The minimum Gasteiger partial charge on any atom is -0.495 e. The number of rotatable bonds is 6. The van der Waals surface area contributed by atoms with E-state index in [-0.39, 0.29) is 5.91 Å². The molecule has 4 rings (SSSR count). The number of hydrogen-bond acceptors (Lipinski definition) is 6. The van der Waals surface area contributed by atoms with Crippen molar-refractivity contribution in [3.8, 4) is 23.0 Å². The molecule has 1 aliphatic rings. The van der Waals surface area contributed by atoms with E-state index in [0.717, 1.165) is 31.6 Å². The molecule has 146 valence electrons. The van der Waals surface area contributed by atoms with Gasteiger partial charge in [0.2, 0.25) is 11.7 Å². The molecule has 0 radical (unpaired) electrons. The Balaban J connectivity index is 1.65. The summed E-state index contributed by atoms with van der Waals surface area (Å²) in [6.45, 7) is 1.69. The molecule has 7 nitrogen and oxygen atoms in total. The molecule has 3 aromatic rings. The van der Waals surface area contributed by atoms with Crippen molar-refractivity contribution in [1.29, 1.82) is 0 Å². The number of benzene rings is 1. The predicted octanol–water partition coefficient (Wildman–Crippen LogP) is 3.64. The maximum atomic E-state index is 12.6. The highest BCUT2D eigenvalue weighted by Gasteiger charge is 2.22. The van der Waals surface area contributed by atoms with E-state index >= 15 is 0 Å². The number of carbonyl (C=O) groups excluding carboxylic acids is 1. The van der Waals surface area contributed by atoms with E-state index in [1.807, 2.05) is 45.9 Å². The van der Waals surface area contributed by atoms with Gasteiger partial charge >= 0.3 is 0 Å². The molecule has 0 saturated carbocycles. The van der Waals surface area contributed by atoms with Gasteiger partial charge in [0.25, 0.3) is 0 Å². The van der Waals surface area contributed by atoms with Gasteiger partial charge in [-0.1, -0.05) is 23.9 Å². The van der Waals surface area contributed by atoms with Crippen LogP contribution in [0.1, 0.15) is 19.3 Å². The number of nitrogens with zero attached hydrogens (tertiary/aromatic N) is 4. The Bertz CT molecular complexity index is 933. The Labute approximate surface area is 167 Å². The second kappa shape index (κ2) is 8.52. The number of furan rings is 1. The van der Waals surface area contributed by atoms with Crippen LogP contribution in [0.15, 0.2) is 52.2 Å². The Hall–Kier alpha value is -2.74. The summed E-state index contributed by atoms with van der Waals surface area (Å²) in [6, 6.07) is 11.3. The predicted molar refractivity (Wildman–Crippen MR) is 107 cm³/mol. The Morgan fingerprint density at radius 3 is 2.71 bits per heavy atom. The molecule has 2 aromatic heterocycles. The third-order valence-electron chi connectivity index (χ3n) is 4.73. The lowest BCUT2D eigenvalue weighted by atomic mass is 10.1. The van der Waals surface area contributed by atoms with Crippen LogP contribution in [-0.4, -0.2) is 51.5 Å². The summed E-state index contributed by atoms with van der Waals surface area (Å²) < 4.78 is 12.9. The smallest absolute Gasteiger partial charge is 0.233 e. The summed E-state index contributed by atoms with van der Waals surface area (Å²) in [5.74, 6) is 2.33. The third-order valence-corrected chi connectivity index (χ3v) is 5.65. The van der Waals surface area contributed by atoms with Crippen molar-refractivity contribution >= 4 is 17.7 Å². The lowest BCUT2D eigenvalue weighted by Crippen LogP contribution is -2.36. The third kappa shape index (κ3) is 3.77. The fourth-order valence-corrected chi connectivity index (χ4v) is 4.17. The monoisotopic (exact) mass is 398 g/mol. The molecule has 1 fully saturated rings. The van der Waals surface area contributed by atoms with Gasteiger partial charge in [0.05, 0.1) is 24.8 Å². The Kier molecular flexibility index (Phi) is 5.66. The minimum atomic E-state index is 0.138. The quantitative estimate of drug-likeness (QED) is 0.590. The van der Waals surface area contributed by atoms with Gasteiger partial charge in [0, 0.05) is 13.1 Å². The zero-order valence-electron chi connectivity index (χ0n) is 15.7. The molecule has 1 aliphatic heterocycles. The molecule has 0 spiro atoms. The van der Waals surface area contributed by atoms with Crippen LogP contribution >= 0.6 is 11.8 Å². The van der Waals surface area contributed by atoms with Gasteiger partial charge < -0.3 is 14.1 Å². The topological polar surface area (TPSA) is 73.4 Å². The molecule has 8 heteroatoms. The van der Waals surface area contributed by atoms with Crippen LogP contribution in [0.2, 0.25) is 0 Å². The van der Waals surface area contributed by atoms with Crippen molar-refractivity contribution in [2.75, 3.05) is 26.0 Å². The lowest BCUT2D eigenvalue weighted by molar-refractivity contribution is -0.129. The van der Waals surface area contributed by atoms with Gasteiger partial charge in [0.1, 0.15) is 5.75 Å². The maximum absolute atomic E-state index is 12.6. The van der Waals surface area contributed by atoms with Gasteiger partial charge in [0.15, 0.2) is 10.9 Å². The average Bonchev–Trinajstić information content (AvgIpc) is 3.42. The molecule has 1 saturated heterocycles. The van der Waals surface area contributed by atoms with E-state index in [9.17, 15) is 4.79 Å². The van der Waals surface area contributed by atoms with Gasteiger partial charge in [-0.05, 0) is 43.5 Å². The Morgan fingerprint density at radius 1 is 1.14 bits per heavy atom. The molecule has 0 atom stereocenters. The maximum Gasteiger partial charge on any atom is 0.233 e. The van der Waals surface area contributed by atoms with Crippen molar-refractivity contribution < 1.29 is 13.9 Å². The van der Waals surface area contributed by atoms with E-state index in [1.165, 1.54) is 18.2 Å². The molecule has 1 aromatic carbocycles. The number of amides is 1. The van der Waals surface area contributed by atoms with E-state index < -0.39 is 0 Å². The second-order valence-corrected chi connectivity index (χ2v) is 7.46. The van der Waals surface area contributed by atoms with Crippen LogP contribution in [0.4, 0.5) is 0 Å². The van der Waals surface area contributed by atoms with Crippen LogP contribution in [0.5, 0.6) is 5.75 Å². The number of carbonyl (C=O) groups is 1. The summed E-state index contributed by atoms with van der Waals surface area (Å²) in [5, 5.41) is 9.28. The average molecular weight is 398 g/mol. The number of ether oxygens (including phenoxy) is 1. The van der Waals surface area contributed by atoms with Crippen molar-refractivity contribution in [1.82, 2.24) is 19.7 Å². The van der Waals surface area contributed by atoms with E-state index in [1.54, 1.807) is 13.4 Å². The summed E-state index contributed by atoms with van der Waals surface area (Å²) in [5.41, 5.74) is 0.800. The van der Waals surface area contributed by atoms with Crippen LogP contribution in [0, 0.1) is 0 Å². The summed E-state index contributed by atoms with van der Waals surface area (Å²) in [6.07, 6.45) is 4.96. The zero-order valence-corrected chi connectivity index (χ0v) is 16.5. The molecule has 1 amide bonds. The number of piperidine rings is 1. The molecule has 0 N–H and O–H groups in total. The van der Waals surface area contributed by atoms with E-state index in [2.05, 4.69) is 10.2 Å². The molecule has 0 unspecified atom stereocenters. The van der Waals surface area contributed by atoms with Crippen LogP contribution in [0.3, 0.4) is 0 Å². The first-order chi connectivity index (χ1) is 13.8. The molecular weight excluding hydrogens is 376 g/mol. The fourth-order valence-electron chi connectivity index (χ4n) is 3.32. The van der Waals surface area contributed by atoms with Crippen molar-refractivity contribution in [2.45, 2.75) is 24.4 Å². The zero-order chi connectivity index (χ0) is 19.3. The highest BCUT2D eigenvalue weighted by molar-refractivity contribution is 7.99. The first-order valence-electron chi connectivity index (χ1n) is 9.31. The van der Waals surface area contributed by atoms with Gasteiger partial charge in [-0.25, -0.2) is 0 Å². The number of methoxy groups -OCH3 is 1. The second-order valence-electron chi connectivity index (χ2n) is 6.52. The summed E-state index contributed by atoms with van der Waals surface area (Å²) in [7, 11) is 1.63. The van der Waals surface area contributed by atoms with Gasteiger partial charge in [-0.2, -0.15) is 0 Å². The number of thioether (sulfide) groups is 1. The lowest BCUT2D eigenvalue weighted by Gasteiger charge is -2.26. The van der Waals surface area contributed by atoms with Gasteiger partial charge in [-0.15, -0.1) is 10.2 Å². The minimum absolute atomic E-state index is 0.138. The summed E-state index contributed by atoms with van der Waals surface area (Å²) in [4.78, 5) is 14.5. The SMILES string of the molecule is COc1ccccc1-n1c(SCC(=O)N2CCCCC2)nnc1-c1ccco1. The van der Waals surface area contributed by atoms with Crippen LogP contribution in [-0.2, 0) is 4.79 Å². The molecule has 0 bridgehead atoms. The van der Waals surface area contributed by atoms with Crippen molar-refractivity contribution in [3.63, 3.8) is 0 Å². The number of likely N-dealkylation sites (tertiary alicyclic amines) is 1. The number of aromatic nitrogens is 3. The molecule has 3 heterocycles. The van der Waals surface area contributed by atoms with E-state index in [4.69, 9.17) is 9.15 Å². The highest BCUT2D eigenvalue weighted by Crippen LogP contribution is 2.32. The first-order valence-corrected chi connectivity index (χ1v) is 10.3. The molecule has 0 aliphatic carbocycles. The van der Waals surface area contributed by atoms with Gasteiger partial charge in [-0.3, -0.25) is 9.36 Å². The van der Waals surface area contributed by atoms with E-state index in [0.29, 0.717) is 28.2 Å². The highest BCUT2D eigenvalue weighted by atomic mass is 32.2. The largest absolute Gasteiger partial charge is 0.495 e. The van der Waals surface area contributed by atoms with Crippen LogP contribution < -0.4 is 4.74 Å². The number of hydrogen-bond donors (Lipinski definition) is 0. The standard InChI is InChI=1S/C20H22N4O3S/c1-26-16-9-4-3-8-15(16)24-19(17-10-7-13-27-17)21-22-20(24)28-14-18(25)23-11-5-2-6-12-23/h3-4,7-10,13H,2,5-6,11-12,14H2,1H3. The van der Waals surface area contributed by atoms with Crippen molar-refractivity contribution in [3.05, 3.63) is 42.7 Å². The Morgan fingerprint density at radius 2 is 1.96 bits per heavy atom. The van der Waals surface area contributed by atoms with Crippen LogP contribution in [0.25, 0.3) is 17.3 Å². The number of para-hydroxylation sites is 2. The normalized spacial score (nSPS) is 14.2. The van der Waals surface area contributed by atoms with Crippen molar-refractivity contribution in [2.24, 2.45) is 0 Å².